The molecule has 0 amide bonds. The molecule has 0 aromatic heterocycles. The maximum atomic E-state index is 11.5. The molecule has 0 heterocycles. The molecular formula is C18H28O. The molecule has 0 saturated heterocycles. The van der Waals surface area contributed by atoms with E-state index in [1.54, 1.807) is 6.07 Å². The topological polar surface area (TPSA) is 17.1 Å². The van der Waals surface area contributed by atoms with Gasteiger partial charge in [0.1, 0.15) is 0 Å². The highest BCUT2D eigenvalue weighted by atomic mass is 16.1. The van der Waals surface area contributed by atoms with Gasteiger partial charge in [-0.15, -0.1) is 0 Å². The van der Waals surface area contributed by atoms with Crippen molar-refractivity contribution in [3.8, 4) is 0 Å². The zero-order valence-corrected chi connectivity index (χ0v) is 12.6. The van der Waals surface area contributed by atoms with Gasteiger partial charge in [-0.2, -0.15) is 0 Å². The van der Waals surface area contributed by atoms with E-state index in [2.05, 4.69) is 13.0 Å². The molecule has 0 N–H and O–H groups in total. The van der Waals surface area contributed by atoms with E-state index in [1.165, 1.54) is 56.9 Å². The monoisotopic (exact) mass is 260 g/mol. The molecule has 106 valence electrons. The minimum atomic E-state index is 0.141. The second kappa shape index (κ2) is 9.77. The number of rotatable bonds is 9. The lowest BCUT2D eigenvalue weighted by atomic mass is 10.1. The lowest BCUT2D eigenvalue weighted by Gasteiger charge is -2.01. The summed E-state index contributed by atoms with van der Waals surface area (Å²) in [5, 5.41) is 0. The Balaban J connectivity index is 2.16. The van der Waals surface area contributed by atoms with Gasteiger partial charge >= 0.3 is 0 Å². The van der Waals surface area contributed by atoms with Crippen molar-refractivity contribution in [2.75, 3.05) is 0 Å². The molecule has 0 spiro atoms. The predicted molar refractivity (Wildman–Crippen MR) is 83.8 cm³/mol. The Morgan fingerprint density at radius 1 is 0.789 bits per heavy atom. The van der Waals surface area contributed by atoms with Crippen molar-refractivity contribution >= 4 is 0 Å². The quantitative estimate of drug-likeness (QED) is 0.569. The van der Waals surface area contributed by atoms with E-state index in [0.717, 1.165) is 12.0 Å². The first-order chi connectivity index (χ1) is 9.24. The molecule has 0 aliphatic carbocycles. The molecule has 0 saturated carbocycles. The van der Waals surface area contributed by atoms with Crippen LogP contribution < -0.4 is 5.43 Å². The minimum Gasteiger partial charge on any atom is -0.290 e. The van der Waals surface area contributed by atoms with E-state index < -0.39 is 0 Å². The third kappa shape index (κ3) is 7.15. The fourth-order valence-electron chi connectivity index (χ4n) is 2.31. The summed E-state index contributed by atoms with van der Waals surface area (Å²) in [6, 6.07) is 7.73. The van der Waals surface area contributed by atoms with Crippen molar-refractivity contribution in [2.24, 2.45) is 0 Å². The third-order valence-electron chi connectivity index (χ3n) is 3.70. The SMILES string of the molecule is CCCCCCCCCCc1ccc(C)c(=O)cc1. The van der Waals surface area contributed by atoms with Crippen LogP contribution >= 0.6 is 0 Å². The average molecular weight is 260 g/mol. The lowest BCUT2D eigenvalue weighted by Crippen LogP contribution is -1.96. The van der Waals surface area contributed by atoms with Gasteiger partial charge in [-0.3, -0.25) is 4.79 Å². The molecule has 0 unspecified atom stereocenters. The summed E-state index contributed by atoms with van der Waals surface area (Å²) in [7, 11) is 0. The van der Waals surface area contributed by atoms with E-state index in [-0.39, 0.29) is 5.43 Å². The number of hydrogen-bond acceptors (Lipinski definition) is 1. The highest BCUT2D eigenvalue weighted by Gasteiger charge is 1.95. The second-order valence-corrected chi connectivity index (χ2v) is 5.51. The van der Waals surface area contributed by atoms with Crippen LogP contribution in [0.2, 0.25) is 0 Å². The van der Waals surface area contributed by atoms with Crippen LogP contribution in [0.1, 0.15) is 69.4 Å². The van der Waals surface area contributed by atoms with Crippen LogP contribution in [-0.4, -0.2) is 0 Å². The fraction of sp³-hybridized carbons (Fsp3) is 0.611. The van der Waals surface area contributed by atoms with Gasteiger partial charge in [0.2, 0.25) is 0 Å². The van der Waals surface area contributed by atoms with E-state index in [0.29, 0.717) is 0 Å². The Morgan fingerprint density at radius 3 is 2.05 bits per heavy atom. The van der Waals surface area contributed by atoms with Gasteiger partial charge in [0.15, 0.2) is 5.43 Å². The lowest BCUT2D eigenvalue weighted by molar-refractivity contribution is 0.575. The normalized spacial score (nSPS) is 10.6. The van der Waals surface area contributed by atoms with Crippen LogP contribution in [0.25, 0.3) is 0 Å². The van der Waals surface area contributed by atoms with E-state index >= 15 is 0 Å². The smallest absolute Gasteiger partial charge is 0.181 e. The zero-order chi connectivity index (χ0) is 13.9. The molecule has 1 aromatic rings. The van der Waals surface area contributed by atoms with Gasteiger partial charge in [-0.05, 0) is 37.0 Å². The van der Waals surface area contributed by atoms with E-state index in [9.17, 15) is 4.79 Å². The first kappa shape index (κ1) is 15.9. The summed E-state index contributed by atoms with van der Waals surface area (Å²) in [6.45, 7) is 4.14. The van der Waals surface area contributed by atoms with Gasteiger partial charge in [0.25, 0.3) is 0 Å². The maximum absolute atomic E-state index is 11.5. The van der Waals surface area contributed by atoms with Gasteiger partial charge < -0.3 is 0 Å². The molecule has 0 radical (unpaired) electrons. The van der Waals surface area contributed by atoms with Crippen LogP contribution in [0.15, 0.2) is 29.1 Å². The summed E-state index contributed by atoms with van der Waals surface area (Å²) >= 11 is 0. The molecule has 0 atom stereocenters. The summed E-state index contributed by atoms with van der Waals surface area (Å²) in [4.78, 5) is 11.5. The Bertz CT molecular complexity index is 409. The van der Waals surface area contributed by atoms with E-state index in [4.69, 9.17) is 0 Å². The van der Waals surface area contributed by atoms with Crippen LogP contribution in [0, 0.1) is 6.92 Å². The van der Waals surface area contributed by atoms with Crippen molar-refractivity contribution in [3.63, 3.8) is 0 Å². The number of hydrogen-bond donors (Lipinski definition) is 0. The van der Waals surface area contributed by atoms with Gasteiger partial charge in [-0.25, -0.2) is 0 Å². The Hall–Kier alpha value is -1.11. The highest BCUT2D eigenvalue weighted by molar-refractivity contribution is 5.19. The minimum absolute atomic E-state index is 0.141. The third-order valence-corrected chi connectivity index (χ3v) is 3.70. The largest absolute Gasteiger partial charge is 0.290 e. The molecule has 0 fully saturated rings. The fourth-order valence-corrected chi connectivity index (χ4v) is 2.31. The van der Waals surface area contributed by atoms with Crippen LogP contribution in [0.4, 0.5) is 0 Å². The van der Waals surface area contributed by atoms with Crippen molar-refractivity contribution in [2.45, 2.75) is 71.6 Å². The Kier molecular flexibility index (Phi) is 8.20. The Morgan fingerprint density at radius 2 is 1.37 bits per heavy atom. The molecule has 0 bridgehead atoms. The van der Waals surface area contributed by atoms with Crippen LogP contribution in [0.3, 0.4) is 0 Å². The van der Waals surface area contributed by atoms with Gasteiger partial charge in [-0.1, -0.05) is 70.1 Å². The van der Waals surface area contributed by atoms with Crippen LogP contribution in [0.5, 0.6) is 0 Å². The predicted octanol–water partition coefficient (Wildman–Crippen LogP) is 5.04. The molecule has 0 aliphatic heterocycles. The molecule has 1 nitrogen and oxygen atoms in total. The molecule has 1 rings (SSSR count). The summed E-state index contributed by atoms with van der Waals surface area (Å²) in [5.74, 6) is 0. The first-order valence-corrected chi connectivity index (χ1v) is 7.84. The van der Waals surface area contributed by atoms with Crippen molar-refractivity contribution < 1.29 is 0 Å². The molecule has 1 aromatic carbocycles. The zero-order valence-electron chi connectivity index (χ0n) is 12.6. The summed E-state index contributed by atoms with van der Waals surface area (Å²) < 4.78 is 0. The van der Waals surface area contributed by atoms with E-state index in [1.807, 2.05) is 19.1 Å². The number of unbranched alkanes of at least 4 members (excludes halogenated alkanes) is 7. The van der Waals surface area contributed by atoms with Crippen molar-refractivity contribution in [1.82, 2.24) is 0 Å². The average Bonchev–Trinajstić information content (AvgIpc) is 2.57. The highest BCUT2D eigenvalue weighted by Crippen LogP contribution is 2.10. The van der Waals surface area contributed by atoms with Crippen molar-refractivity contribution in [3.05, 3.63) is 45.6 Å². The Labute approximate surface area is 118 Å². The summed E-state index contributed by atoms with van der Waals surface area (Å²) in [6.07, 6.45) is 11.9. The molecule has 0 aliphatic rings. The van der Waals surface area contributed by atoms with Gasteiger partial charge in [0, 0.05) is 0 Å². The number of aryl methyl sites for hydroxylation is 2. The molecular weight excluding hydrogens is 232 g/mol. The maximum Gasteiger partial charge on any atom is 0.181 e. The standard InChI is InChI=1S/C18H28O/c1-3-4-5-6-7-8-9-10-11-17-13-12-16(2)18(19)15-14-17/h12-15H,3-11H2,1-2H3. The summed E-state index contributed by atoms with van der Waals surface area (Å²) in [5.41, 5.74) is 2.26. The van der Waals surface area contributed by atoms with Crippen LogP contribution in [-0.2, 0) is 6.42 Å². The second-order valence-electron chi connectivity index (χ2n) is 5.51. The molecule has 19 heavy (non-hydrogen) atoms. The first-order valence-electron chi connectivity index (χ1n) is 7.84. The van der Waals surface area contributed by atoms with Crippen molar-refractivity contribution in [1.29, 1.82) is 0 Å². The molecule has 1 heteroatoms. The van der Waals surface area contributed by atoms with Gasteiger partial charge in [0.05, 0.1) is 0 Å².